The van der Waals surface area contributed by atoms with Gasteiger partial charge in [0.2, 0.25) is 0 Å². The number of hydrogen-bond acceptors (Lipinski definition) is 2. The number of aromatic hydroxyl groups is 1. The van der Waals surface area contributed by atoms with Gasteiger partial charge in [0.05, 0.1) is 0 Å². The summed E-state index contributed by atoms with van der Waals surface area (Å²) in [6.45, 7) is 4.20. The van der Waals surface area contributed by atoms with Gasteiger partial charge in [-0.2, -0.15) is 0 Å². The SMILES string of the molecule is Cc1ccc([C@@]23CCCC[C@H]2C2(CCCCC2)c2ccc(C)cc2O3)c(O)c1. The molecule has 0 aromatic heterocycles. The fraction of sp³-hybridized carbons (Fsp3) is 0.538. The predicted molar refractivity (Wildman–Crippen MR) is 113 cm³/mol. The van der Waals surface area contributed by atoms with E-state index in [1.165, 1.54) is 62.5 Å². The van der Waals surface area contributed by atoms with Gasteiger partial charge in [0, 0.05) is 22.5 Å². The molecule has 2 nitrogen and oxygen atoms in total. The van der Waals surface area contributed by atoms with Gasteiger partial charge in [-0.25, -0.2) is 0 Å². The summed E-state index contributed by atoms with van der Waals surface area (Å²) in [5.74, 6) is 1.92. The Morgan fingerprint density at radius 3 is 2.25 bits per heavy atom. The van der Waals surface area contributed by atoms with Crippen LogP contribution in [0.4, 0.5) is 0 Å². The Kier molecular flexibility index (Phi) is 4.23. The van der Waals surface area contributed by atoms with E-state index in [1.54, 1.807) is 0 Å². The first kappa shape index (κ1) is 18.1. The Balaban J connectivity index is 1.76. The average Bonchev–Trinajstić information content (AvgIpc) is 2.68. The third-order valence-corrected chi connectivity index (χ3v) is 7.84. The van der Waals surface area contributed by atoms with E-state index in [-0.39, 0.29) is 5.41 Å². The van der Waals surface area contributed by atoms with Gasteiger partial charge in [-0.3, -0.25) is 0 Å². The van der Waals surface area contributed by atoms with Crippen molar-refractivity contribution in [3.05, 3.63) is 58.7 Å². The number of benzene rings is 2. The fourth-order valence-corrected chi connectivity index (χ4v) is 6.67. The van der Waals surface area contributed by atoms with Crippen LogP contribution in [0.1, 0.15) is 80.0 Å². The molecule has 2 aromatic carbocycles. The third-order valence-electron chi connectivity index (χ3n) is 7.84. The summed E-state index contributed by atoms with van der Waals surface area (Å²) in [6, 6.07) is 13.0. The van der Waals surface area contributed by atoms with Gasteiger partial charge in [0.15, 0.2) is 0 Å². The molecule has 0 unspecified atom stereocenters. The maximum atomic E-state index is 11.0. The normalized spacial score (nSPS) is 28.3. The molecule has 0 amide bonds. The Morgan fingerprint density at radius 2 is 1.50 bits per heavy atom. The Hall–Kier alpha value is -1.96. The highest BCUT2D eigenvalue weighted by Crippen LogP contribution is 2.63. The highest BCUT2D eigenvalue weighted by molar-refractivity contribution is 5.51. The van der Waals surface area contributed by atoms with Crippen molar-refractivity contribution in [1.82, 2.24) is 0 Å². The summed E-state index contributed by atoms with van der Waals surface area (Å²) < 4.78 is 6.98. The van der Waals surface area contributed by atoms with Gasteiger partial charge in [0.25, 0.3) is 0 Å². The zero-order valence-electron chi connectivity index (χ0n) is 17.3. The monoisotopic (exact) mass is 376 g/mol. The van der Waals surface area contributed by atoms with Gasteiger partial charge in [0.1, 0.15) is 17.1 Å². The number of hydrogen-bond donors (Lipinski definition) is 1. The van der Waals surface area contributed by atoms with Crippen molar-refractivity contribution in [2.75, 3.05) is 0 Å². The van der Waals surface area contributed by atoms with E-state index in [0.717, 1.165) is 23.3 Å². The minimum atomic E-state index is -0.395. The quantitative estimate of drug-likeness (QED) is 0.601. The number of phenols is 1. The molecule has 2 aromatic rings. The average molecular weight is 377 g/mol. The molecule has 1 heterocycles. The fourth-order valence-electron chi connectivity index (χ4n) is 6.67. The lowest BCUT2D eigenvalue weighted by molar-refractivity contribution is -0.0959. The number of rotatable bonds is 1. The third kappa shape index (κ3) is 2.53. The second-order valence-electron chi connectivity index (χ2n) is 9.53. The summed E-state index contributed by atoms with van der Waals surface area (Å²) in [7, 11) is 0. The van der Waals surface area contributed by atoms with E-state index < -0.39 is 5.60 Å². The van der Waals surface area contributed by atoms with Crippen molar-refractivity contribution in [3.63, 3.8) is 0 Å². The minimum Gasteiger partial charge on any atom is -0.508 e. The van der Waals surface area contributed by atoms with Crippen molar-refractivity contribution < 1.29 is 9.84 Å². The summed E-state index contributed by atoms with van der Waals surface area (Å²) >= 11 is 0. The van der Waals surface area contributed by atoms with Crippen molar-refractivity contribution in [3.8, 4) is 11.5 Å². The van der Waals surface area contributed by atoms with Crippen LogP contribution in [-0.2, 0) is 11.0 Å². The Morgan fingerprint density at radius 1 is 0.821 bits per heavy atom. The van der Waals surface area contributed by atoms with Gasteiger partial charge in [-0.15, -0.1) is 0 Å². The summed E-state index contributed by atoms with van der Waals surface area (Å²) in [4.78, 5) is 0. The Labute approximate surface area is 168 Å². The van der Waals surface area contributed by atoms with Gasteiger partial charge < -0.3 is 9.84 Å². The van der Waals surface area contributed by atoms with Crippen LogP contribution in [0.2, 0.25) is 0 Å². The van der Waals surface area contributed by atoms with Crippen LogP contribution in [-0.4, -0.2) is 5.11 Å². The van der Waals surface area contributed by atoms with Crippen LogP contribution in [0.3, 0.4) is 0 Å². The molecule has 1 spiro atoms. The van der Waals surface area contributed by atoms with Gasteiger partial charge in [-0.1, -0.05) is 49.9 Å². The van der Waals surface area contributed by atoms with Crippen LogP contribution < -0.4 is 4.74 Å². The lowest BCUT2D eigenvalue weighted by atomic mass is 9.51. The van der Waals surface area contributed by atoms with Gasteiger partial charge in [-0.05, 0) is 69.2 Å². The largest absolute Gasteiger partial charge is 0.508 e. The van der Waals surface area contributed by atoms with Crippen LogP contribution >= 0.6 is 0 Å². The molecule has 5 rings (SSSR count). The molecule has 2 saturated carbocycles. The highest BCUT2D eigenvalue weighted by atomic mass is 16.5. The molecule has 0 bridgehead atoms. The van der Waals surface area contributed by atoms with Crippen molar-refractivity contribution in [1.29, 1.82) is 0 Å². The molecule has 2 aliphatic carbocycles. The van der Waals surface area contributed by atoms with Gasteiger partial charge >= 0.3 is 0 Å². The summed E-state index contributed by atoms with van der Waals surface area (Å²) in [5, 5.41) is 11.0. The highest BCUT2D eigenvalue weighted by Gasteiger charge is 2.59. The molecule has 28 heavy (non-hydrogen) atoms. The zero-order valence-corrected chi connectivity index (χ0v) is 17.3. The smallest absolute Gasteiger partial charge is 0.141 e. The van der Waals surface area contributed by atoms with E-state index in [9.17, 15) is 5.11 Å². The molecule has 3 aliphatic rings. The lowest BCUT2D eigenvalue weighted by Crippen LogP contribution is -2.57. The lowest BCUT2D eigenvalue weighted by Gasteiger charge is -2.58. The second kappa shape index (κ2) is 6.54. The van der Waals surface area contributed by atoms with Crippen LogP contribution in [0.5, 0.6) is 11.5 Å². The summed E-state index contributed by atoms with van der Waals surface area (Å²) in [5.41, 5.74) is 4.60. The topological polar surface area (TPSA) is 29.5 Å². The van der Waals surface area contributed by atoms with Crippen LogP contribution in [0.25, 0.3) is 0 Å². The first-order valence-electron chi connectivity index (χ1n) is 11.2. The first-order chi connectivity index (χ1) is 13.6. The molecule has 1 aliphatic heterocycles. The number of phenolic OH excluding ortho intramolecular Hbond substituents is 1. The van der Waals surface area contributed by atoms with Crippen LogP contribution in [0, 0.1) is 19.8 Å². The molecule has 2 atom stereocenters. The summed E-state index contributed by atoms with van der Waals surface area (Å²) in [6.07, 6.45) is 11.1. The minimum absolute atomic E-state index is 0.192. The molecular weight excluding hydrogens is 344 g/mol. The van der Waals surface area contributed by atoms with E-state index >= 15 is 0 Å². The zero-order chi connectivity index (χ0) is 19.4. The number of fused-ring (bicyclic) bond motifs is 4. The molecule has 2 heteroatoms. The van der Waals surface area contributed by atoms with E-state index in [4.69, 9.17) is 4.74 Å². The molecule has 0 saturated heterocycles. The Bertz CT molecular complexity index is 893. The van der Waals surface area contributed by atoms with Crippen molar-refractivity contribution in [2.24, 2.45) is 5.92 Å². The van der Waals surface area contributed by atoms with Crippen LogP contribution in [0.15, 0.2) is 36.4 Å². The molecule has 2 fully saturated rings. The molecule has 0 radical (unpaired) electrons. The number of aryl methyl sites for hydroxylation is 2. The number of ether oxygens (including phenoxy) is 1. The molecule has 148 valence electrons. The van der Waals surface area contributed by atoms with E-state index in [0.29, 0.717) is 11.7 Å². The molecular formula is C26H32O2. The standard InChI is InChI=1S/C26H32O2/c1-18-9-11-20(22(27)16-18)26-15-7-4-8-24(26)25(13-5-3-6-14-25)21-12-10-19(2)17-23(21)28-26/h9-12,16-17,24,27H,3-8,13-15H2,1-2H3/t24-,26-/m0/s1. The first-order valence-corrected chi connectivity index (χ1v) is 11.2. The molecule has 1 N–H and O–H groups in total. The van der Waals surface area contributed by atoms with Crippen molar-refractivity contribution in [2.45, 2.75) is 82.7 Å². The van der Waals surface area contributed by atoms with Crippen molar-refractivity contribution >= 4 is 0 Å². The second-order valence-corrected chi connectivity index (χ2v) is 9.53. The maximum absolute atomic E-state index is 11.0. The van der Waals surface area contributed by atoms with E-state index in [2.05, 4.69) is 37.3 Å². The predicted octanol–water partition coefficient (Wildman–Crippen LogP) is 6.69. The maximum Gasteiger partial charge on any atom is 0.141 e. The van der Waals surface area contributed by atoms with E-state index in [1.807, 2.05) is 13.0 Å².